The van der Waals surface area contributed by atoms with Crippen molar-refractivity contribution in [3.63, 3.8) is 0 Å². The first-order valence-corrected chi connectivity index (χ1v) is 43.4. The third kappa shape index (κ3) is 76.6. The molecule has 0 saturated carbocycles. The largest absolute Gasteiger partial charge is 0.472 e. The summed E-state index contributed by atoms with van der Waals surface area (Å²) in [5.74, 6) is -2.32. The molecule has 17 nitrogen and oxygen atoms in total. The van der Waals surface area contributed by atoms with Crippen molar-refractivity contribution < 1.29 is 80.2 Å². The second-order valence-corrected chi connectivity index (χ2v) is 29.1. The van der Waals surface area contributed by atoms with Gasteiger partial charge in [0.1, 0.15) is 19.3 Å². The molecule has 0 aromatic heterocycles. The summed E-state index contributed by atoms with van der Waals surface area (Å²) >= 11 is 0. The summed E-state index contributed by atoms with van der Waals surface area (Å²) in [6.07, 6.45) is 92.0. The second-order valence-electron chi connectivity index (χ2n) is 26.2. The molecule has 0 rings (SSSR count). The molecule has 0 aliphatic heterocycles. The fraction of sp³-hybridized carbons (Fsp3) is 0.632. The van der Waals surface area contributed by atoms with E-state index < -0.39 is 97.5 Å². The van der Waals surface area contributed by atoms with E-state index in [0.29, 0.717) is 32.1 Å². The SMILES string of the molecule is CC/C=C\C/C=C\C/C=C\C/C=C\C/C=C\CCCCCC(=O)OCC(COP(=O)(O)OCC(O)COP(=O)(O)OCC(COC(=O)CCCCCCCC/C=C\C/C=C\C/C=C\CCCCC)OC(=O)CCCCCCC/C=C\CCCC)OC(=O)CCC/C=C\C/C=C\C/C=C\C/C=C\C/C=C\CC. The Balaban J connectivity index is 5.44. The zero-order chi connectivity index (χ0) is 77.4. The van der Waals surface area contributed by atoms with Gasteiger partial charge in [-0.15, -0.1) is 0 Å². The summed E-state index contributed by atoms with van der Waals surface area (Å²) in [6.45, 7) is 4.44. The van der Waals surface area contributed by atoms with E-state index in [1.54, 1.807) is 0 Å². The van der Waals surface area contributed by atoms with Crippen LogP contribution >= 0.6 is 15.6 Å². The summed E-state index contributed by atoms with van der Waals surface area (Å²) < 4.78 is 68.5. The van der Waals surface area contributed by atoms with E-state index in [4.69, 9.17) is 37.0 Å². The molecule has 3 N–H and O–H groups in total. The van der Waals surface area contributed by atoms with Crippen molar-refractivity contribution in [2.45, 2.75) is 316 Å². The fourth-order valence-corrected chi connectivity index (χ4v) is 11.6. The molecule has 0 aromatic carbocycles. The van der Waals surface area contributed by atoms with Crippen molar-refractivity contribution in [2.75, 3.05) is 39.6 Å². The third-order valence-corrected chi connectivity index (χ3v) is 18.0. The summed E-state index contributed by atoms with van der Waals surface area (Å²) in [5, 5.41) is 10.6. The number of aliphatic hydroxyl groups excluding tert-OH is 1. The Morgan fingerprint density at radius 2 is 0.509 bits per heavy atom. The highest BCUT2D eigenvalue weighted by Gasteiger charge is 2.30. The van der Waals surface area contributed by atoms with E-state index in [2.05, 4.69) is 186 Å². The van der Waals surface area contributed by atoms with Gasteiger partial charge in [-0.25, -0.2) is 9.13 Å². The maximum atomic E-state index is 13.1. The van der Waals surface area contributed by atoms with E-state index >= 15 is 0 Å². The number of phosphoric acid groups is 2. The van der Waals surface area contributed by atoms with Gasteiger partial charge in [0.15, 0.2) is 12.2 Å². The molecule has 5 atom stereocenters. The summed E-state index contributed by atoms with van der Waals surface area (Å²) in [4.78, 5) is 73.0. The summed E-state index contributed by atoms with van der Waals surface area (Å²) in [6, 6.07) is 0. The maximum absolute atomic E-state index is 13.1. The Kier molecular flexibility index (Phi) is 73.5. The molecule has 0 spiro atoms. The second kappa shape index (κ2) is 77.6. The van der Waals surface area contributed by atoms with Crippen LogP contribution < -0.4 is 0 Å². The number of carbonyl (C=O) groups excluding carboxylic acids is 4. The van der Waals surface area contributed by atoms with Crippen molar-refractivity contribution in [1.82, 2.24) is 0 Å². The van der Waals surface area contributed by atoms with Crippen LogP contribution in [-0.4, -0.2) is 96.7 Å². The van der Waals surface area contributed by atoms with E-state index in [9.17, 15) is 43.2 Å². The van der Waals surface area contributed by atoms with Crippen LogP contribution in [0.2, 0.25) is 0 Å². The first-order valence-electron chi connectivity index (χ1n) is 40.4. The van der Waals surface area contributed by atoms with E-state index in [1.807, 2.05) is 12.2 Å². The Morgan fingerprint density at radius 1 is 0.274 bits per heavy atom. The quantitative estimate of drug-likeness (QED) is 0.0169. The molecule has 106 heavy (non-hydrogen) atoms. The van der Waals surface area contributed by atoms with Crippen molar-refractivity contribution in [1.29, 1.82) is 0 Å². The van der Waals surface area contributed by atoms with Crippen LogP contribution in [0.4, 0.5) is 0 Å². The summed E-state index contributed by atoms with van der Waals surface area (Å²) in [7, 11) is -10.0. The molecule has 0 aliphatic rings. The van der Waals surface area contributed by atoms with Crippen molar-refractivity contribution in [3.05, 3.63) is 170 Å². The van der Waals surface area contributed by atoms with Gasteiger partial charge in [-0.1, -0.05) is 275 Å². The van der Waals surface area contributed by atoms with E-state index in [-0.39, 0.29) is 25.7 Å². The topological polar surface area (TPSA) is 237 Å². The zero-order valence-corrected chi connectivity index (χ0v) is 67.6. The number of rotatable bonds is 74. The average Bonchev–Trinajstić information content (AvgIpc) is 0.919. The Hall–Kier alpha value is -5.58. The number of ether oxygens (including phenoxy) is 4. The van der Waals surface area contributed by atoms with Gasteiger partial charge in [0, 0.05) is 25.7 Å². The zero-order valence-electron chi connectivity index (χ0n) is 65.8. The van der Waals surface area contributed by atoms with Crippen LogP contribution in [0, 0.1) is 0 Å². The summed E-state index contributed by atoms with van der Waals surface area (Å²) in [5.41, 5.74) is 0. The molecule has 0 fully saturated rings. The highest BCUT2D eigenvalue weighted by atomic mass is 31.2. The predicted molar refractivity (Wildman–Crippen MR) is 436 cm³/mol. The van der Waals surface area contributed by atoms with Crippen LogP contribution in [0.15, 0.2) is 170 Å². The van der Waals surface area contributed by atoms with Crippen LogP contribution in [0.3, 0.4) is 0 Å². The van der Waals surface area contributed by atoms with Gasteiger partial charge in [-0.2, -0.15) is 0 Å². The normalized spacial score (nSPS) is 14.7. The average molecular weight is 1520 g/mol. The molecule has 0 radical (unpaired) electrons. The molecule has 602 valence electrons. The lowest BCUT2D eigenvalue weighted by atomic mass is 10.1. The molecular weight excluding hydrogens is 1380 g/mol. The fourth-order valence-electron chi connectivity index (χ4n) is 10.0. The lowest BCUT2D eigenvalue weighted by Gasteiger charge is -2.21. The van der Waals surface area contributed by atoms with Gasteiger partial charge in [0.05, 0.1) is 26.4 Å². The van der Waals surface area contributed by atoms with Crippen molar-refractivity contribution in [2.24, 2.45) is 0 Å². The number of allylic oxidation sites excluding steroid dienone is 28. The van der Waals surface area contributed by atoms with E-state index in [1.165, 1.54) is 32.1 Å². The van der Waals surface area contributed by atoms with Crippen LogP contribution in [-0.2, 0) is 65.4 Å². The molecule has 0 bridgehead atoms. The number of hydrogen-bond donors (Lipinski definition) is 3. The van der Waals surface area contributed by atoms with Crippen LogP contribution in [0.25, 0.3) is 0 Å². The Bertz CT molecular complexity index is 2680. The van der Waals surface area contributed by atoms with E-state index in [0.717, 1.165) is 180 Å². The first kappa shape index (κ1) is 100. The molecular formula is C87H142O17P2. The number of hydrogen-bond acceptors (Lipinski definition) is 15. The minimum absolute atomic E-state index is 0.00241. The minimum atomic E-state index is -5.01. The number of unbranched alkanes of at least 4 members (excludes halogenated alkanes) is 20. The smallest absolute Gasteiger partial charge is 0.462 e. The van der Waals surface area contributed by atoms with Gasteiger partial charge in [-0.3, -0.25) is 37.3 Å². The third-order valence-electron chi connectivity index (χ3n) is 16.1. The highest BCUT2D eigenvalue weighted by molar-refractivity contribution is 7.47. The molecule has 0 heterocycles. The lowest BCUT2D eigenvalue weighted by molar-refractivity contribution is -0.161. The van der Waals surface area contributed by atoms with Gasteiger partial charge in [0.25, 0.3) is 0 Å². The minimum Gasteiger partial charge on any atom is -0.462 e. The molecule has 0 aliphatic carbocycles. The van der Waals surface area contributed by atoms with Crippen LogP contribution in [0.1, 0.15) is 297 Å². The van der Waals surface area contributed by atoms with Gasteiger partial charge < -0.3 is 33.8 Å². The molecule has 0 amide bonds. The van der Waals surface area contributed by atoms with Gasteiger partial charge in [0.2, 0.25) is 0 Å². The van der Waals surface area contributed by atoms with Gasteiger partial charge in [-0.05, 0) is 167 Å². The lowest BCUT2D eigenvalue weighted by Crippen LogP contribution is -2.30. The Morgan fingerprint density at radius 3 is 0.840 bits per heavy atom. The molecule has 0 saturated heterocycles. The van der Waals surface area contributed by atoms with Crippen molar-refractivity contribution in [3.8, 4) is 0 Å². The molecule has 0 aromatic rings. The van der Waals surface area contributed by atoms with Gasteiger partial charge >= 0.3 is 39.5 Å². The number of phosphoric ester groups is 2. The number of carbonyl (C=O) groups is 4. The standard InChI is InChI=1S/C87H142O17P2/c1-5-9-13-17-21-25-29-32-35-38-40-43-45-48-52-55-59-63-67-71-84(89)97-77-82(103-86(91)73-69-65-61-57-51-28-24-20-16-12-8-4)79-101-105(93,94)99-75-81(88)76-100-106(95,96)102-80-83(104-87(92)74-70-66-62-58-54-50-47-42-37-34-31-27-23-19-15-11-7-3)78-98-85(90)72-68-64-60-56-53-49-46-44-41-39-36-33-30-26-22-18-14-10-6-2/h10-11,14-15,20-27,32-37,40-41,43-44,47,49-50,53,58,62,81-83,88H,5-9,12-13,16-19,28-31,38-39,42,45-46,48,51-52,54-57,59-61,63-80H2,1-4H3,(H,93,94)(H,95,96)/b14-10-,15-11-,24-20-,25-21-,26-22-,27-23-,35-32-,36-33-,37-34-,43-40-,44-41-,50-47-,53-49-,62-58-. The van der Waals surface area contributed by atoms with Crippen molar-refractivity contribution >= 4 is 39.5 Å². The number of esters is 4. The maximum Gasteiger partial charge on any atom is 0.472 e. The molecule has 5 unspecified atom stereocenters. The van der Waals surface area contributed by atoms with Crippen LogP contribution in [0.5, 0.6) is 0 Å². The predicted octanol–water partition coefficient (Wildman–Crippen LogP) is 23.8. The number of aliphatic hydroxyl groups is 1. The Labute approximate surface area is 642 Å². The monoisotopic (exact) mass is 1520 g/mol. The molecule has 19 heteroatoms. The highest BCUT2D eigenvalue weighted by Crippen LogP contribution is 2.45. The first-order chi connectivity index (χ1) is 51.7.